The smallest absolute Gasteiger partial charge is 0.240 e. The second-order valence-electron chi connectivity index (χ2n) is 3.37. The zero-order valence-electron chi connectivity index (χ0n) is 9.68. The maximum absolute atomic E-state index is 5.85. The number of hydrogen-bond acceptors (Lipinski definition) is 5. The highest BCUT2D eigenvalue weighted by Gasteiger charge is 2.09. The number of benzene rings is 1. The number of nitrogen functional groups attached to an aromatic ring is 1. The van der Waals surface area contributed by atoms with Gasteiger partial charge in [0.25, 0.3) is 0 Å². The average Bonchev–Trinajstić information content (AvgIpc) is 2.38. The topological polar surface area (TPSA) is 70.3 Å². The monoisotopic (exact) mass is 231 g/mol. The van der Waals surface area contributed by atoms with Crippen LogP contribution in [-0.4, -0.2) is 24.2 Å². The van der Waals surface area contributed by atoms with Crippen LogP contribution in [0.4, 0.5) is 5.69 Å². The Balaban J connectivity index is 2.49. The van der Waals surface area contributed by atoms with Gasteiger partial charge in [0.1, 0.15) is 11.4 Å². The lowest BCUT2D eigenvalue weighted by molar-refractivity contribution is 0.397. The third-order valence-corrected chi connectivity index (χ3v) is 2.36. The van der Waals surface area contributed by atoms with Crippen LogP contribution in [0.25, 0.3) is 11.3 Å². The van der Waals surface area contributed by atoms with Gasteiger partial charge in [-0.3, -0.25) is 0 Å². The molecule has 17 heavy (non-hydrogen) atoms. The first-order valence-corrected chi connectivity index (χ1v) is 5.05. The highest BCUT2D eigenvalue weighted by atomic mass is 16.5. The van der Waals surface area contributed by atoms with E-state index in [2.05, 4.69) is 9.97 Å². The molecule has 1 aromatic heterocycles. The van der Waals surface area contributed by atoms with Gasteiger partial charge < -0.3 is 15.2 Å². The van der Waals surface area contributed by atoms with Gasteiger partial charge in [-0.25, -0.2) is 9.97 Å². The summed E-state index contributed by atoms with van der Waals surface area (Å²) in [7, 11) is 3.13. The summed E-state index contributed by atoms with van der Waals surface area (Å²) in [4.78, 5) is 8.32. The minimum absolute atomic E-state index is 0.470. The van der Waals surface area contributed by atoms with Crippen LogP contribution in [0.5, 0.6) is 11.6 Å². The van der Waals surface area contributed by atoms with E-state index in [1.54, 1.807) is 38.7 Å². The van der Waals surface area contributed by atoms with Gasteiger partial charge in [-0.2, -0.15) is 0 Å². The van der Waals surface area contributed by atoms with E-state index in [9.17, 15) is 0 Å². The summed E-state index contributed by atoms with van der Waals surface area (Å²) in [6.45, 7) is 0. The van der Waals surface area contributed by atoms with Crippen molar-refractivity contribution in [3.63, 3.8) is 0 Å². The minimum atomic E-state index is 0.470. The van der Waals surface area contributed by atoms with Crippen molar-refractivity contribution in [1.29, 1.82) is 0 Å². The maximum atomic E-state index is 5.85. The molecular weight excluding hydrogens is 218 g/mol. The fourth-order valence-electron chi connectivity index (χ4n) is 1.55. The van der Waals surface area contributed by atoms with E-state index in [4.69, 9.17) is 15.2 Å². The average molecular weight is 231 g/mol. The normalized spacial score (nSPS) is 10.0. The van der Waals surface area contributed by atoms with Crippen molar-refractivity contribution in [2.45, 2.75) is 0 Å². The molecule has 2 aromatic rings. The Hall–Kier alpha value is -2.30. The Morgan fingerprint density at radius 1 is 1.06 bits per heavy atom. The van der Waals surface area contributed by atoms with Crippen molar-refractivity contribution in [2.75, 3.05) is 20.0 Å². The quantitative estimate of drug-likeness (QED) is 0.815. The van der Waals surface area contributed by atoms with E-state index in [0.717, 1.165) is 5.56 Å². The number of aromatic nitrogens is 2. The summed E-state index contributed by atoms with van der Waals surface area (Å²) in [5, 5.41) is 0. The highest BCUT2D eigenvalue weighted by molar-refractivity contribution is 5.70. The van der Waals surface area contributed by atoms with Gasteiger partial charge in [-0.15, -0.1) is 0 Å². The van der Waals surface area contributed by atoms with Crippen LogP contribution in [0.3, 0.4) is 0 Å². The first-order chi connectivity index (χ1) is 8.26. The number of nitrogens with two attached hydrogens (primary N) is 1. The lowest BCUT2D eigenvalue weighted by atomic mass is 10.1. The Kier molecular flexibility index (Phi) is 3.09. The molecule has 0 aliphatic heterocycles. The predicted molar refractivity (Wildman–Crippen MR) is 65.0 cm³/mol. The minimum Gasteiger partial charge on any atom is -0.495 e. The second-order valence-corrected chi connectivity index (χ2v) is 3.37. The molecule has 0 saturated carbocycles. The lowest BCUT2D eigenvalue weighted by Gasteiger charge is -2.08. The van der Waals surface area contributed by atoms with E-state index in [0.29, 0.717) is 23.0 Å². The number of rotatable bonds is 3. The Bertz CT molecular complexity index is 529. The van der Waals surface area contributed by atoms with Crippen molar-refractivity contribution in [3.8, 4) is 22.9 Å². The molecular formula is C12H13N3O2. The van der Waals surface area contributed by atoms with E-state index in [1.165, 1.54) is 0 Å². The summed E-state index contributed by atoms with van der Waals surface area (Å²) < 4.78 is 10.3. The lowest BCUT2D eigenvalue weighted by Crippen LogP contribution is -1.96. The maximum Gasteiger partial charge on any atom is 0.240 e. The molecule has 0 aliphatic carbocycles. The van der Waals surface area contributed by atoms with Crippen molar-refractivity contribution < 1.29 is 9.47 Å². The number of nitrogens with zero attached hydrogens (tertiary/aromatic N) is 2. The van der Waals surface area contributed by atoms with E-state index < -0.39 is 0 Å². The molecule has 0 fully saturated rings. The van der Waals surface area contributed by atoms with Gasteiger partial charge in [0.15, 0.2) is 0 Å². The number of methoxy groups -OCH3 is 2. The molecule has 0 amide bonds. The number of hydrogen-bond donors (Lipinski definition) is 1. The van der Waals surface area contributed by atoms with Crippen LogP contribution in [-0.2, 0) is 0 Å². The molecule has 0 unspecified atom stereocenters. The standard InChI is InChI=1S/C12H13N3O2/c1-16-10-4-3-8(7-9(10)13)11-12(17-2)15-6-5-14-11/h3-7H,13H2,1-2H3. The van der Waals surface area contributed by atoms with Crippen LogP contribution in [0, 0.1) is 0 Å². The third-order valence-electron chi connectivity index (χ3n) is 2.36. The van der Waals surface area contributed by atoms with Crippen LogP contribution in [0.1, 0.15) is 0 Å². The molecule has 2 rings (SSSR count). The molecule has 5 nitrogen and oxygen atoms in total. The molecule has 0 radical (unpaired) electrons. The zero-order valence-corrected chi connectivity index (χ0v) is 9.68. The largest absolute Gasteiger partial charge is 0.495 e. The molecule has 0 spiro atoms. The van der Waals surface area contributed by atoms with Crippen LogP contribution in [0.2, 0.25) is 0 Å². The first kappa shape index (κ1) is 11.2. The summed E-state index contributed by atoms with van der Waals surface area (Å²) in [6, 6.07) is 5.44. The predicted octanol–water partition coefficient (Wildman–Crippen LogP) is 1.74. The van der Waals surface area contributed by atoms with Crippen LogP contribution in [0.15, 0.2) is 30.6 Å². The van der Waals surface area contributed by atoms with Crippen molar-refractivity contribution in [1.82, 2.24) is 9.97 Å². The van der Waals surface area contributed by atoms with Gasteiger partial charge in [-0.1, -0.05) is 0 Å². The molecule has 2 N–H and O–H groups in total. The second kappa shape index (κ2) is 4.69. The number of ether oxygens (including phenoxy) is 2. The molecule has 0 saturated heterocycles. The molecule has 1 heterocycles. The van der Waals surface area contributed by atoms with Gasteiger partial charge in [0, 0.05) is 18.0 Å². The summed E-state index contributed by atoms with van der Waals surface area (Å²) in [5.41, 5.74) is 7.90. The third kappa shape index (κ3) is 2.13. The SMILES string of the molecule is COc1ccc(-c2nccnc2OC)cc1N. The van der Waals surface area contributed by atoms with Crippen molar-refractivity contribution >= 4 is 5.69 Å². The Labute approximate surface area is 99.2 Å². The molecule has 0 aliphatic rings. The molecule has 5 heteroatoms. The molecule has 1 aromatic carbocycles. The molecule has 88 valence electrons. The van der Waals surface area contributed by atoms with E-state index >= 15 is 0 Å². The molecule has 0 atom stereocenters. The Morgan fingerprint density at radius 2 is 1.82 bits per heavy atom. The summed E-state index contributed by atoms with van der Waals surface area (Å²) in [6.07, 6.45) is 3.19. The van der Waals surface area contributed by atoms with E-state index in [1.807, 2.05) is 6.07 Å². The van der Waals surface area contributed by atoms with E-state index in [-0.39, 0.29) is 0 Å². The fourth-order valence-corrected chi connectivity index (χ4v) is 1.55. The molecule has 0 bridgehead atoms. The fraction of sp³-hybridized carbons (Fsp3) is 0.167. The van der Waals surface area contributed by atoms with Gasteiger partial charge >= 0.3 is 0 Å². The summed E-state index contributed by atoms with van der Waals surface area (Å²) in [5.74, 6) is 1.11. The van der Waals surface area contributed by atoms with Gasteiger partial charge in [0.2, 0.25) is 5.88 Å². The van der Waals surface area contributed by atoms with Crippen LogP contribution < -0.4 is 15.2 Å². The van der Waals surface area contributed by atoms with Gasteiger partial charge in [0.05, 0.1) is 19.9 Å². The number of anilines is 1. The Morgan fingerprint density at radius 3 is 2.47 bits per heavy atom. The summed E-state index contributed by atoms with van der Waals surface area (Å²) >= 11 is 0. The van der Waals surface area contributed by atoms with Crippen LogP contribution >= 0.6 is 0 Å². The van der Waals surface area contributed by atoms with Crippen molar-refractivity contribution in [3.05, 3.63) is 30.6 Å². The highest BCUT2D eigenvalue weighted by Crippen LogP contribution is 2.30. The zero-order chi connectivity index (χ0) is 12.3. The first-order valence-electron chi connectivity index (χ1n) is 5.05. The van der Waals surface area contributed by atoms with Gasteiger partial charge in [-0.05, 0) is 18.2 Å². The van der Waals surface area contributed by atoms with Crippen molar-refractivity contribution in [2.24, 2.45) is 0 Å².